The first-order chi connectivity index (χ1) is 15.1. The second-order valence-electron chi connectivity index (χ2n) is 7.05. The van der Waals surface area contributed by atoms with Gasteiger partial charge in [0, 0.05) is 23.2 Å². The number of nitrogens with zero attached hydrogens (tertiary/aromatic N) is 6. The van der Waals surface area contributed by atoms with Crippen LogP contribution >= 0.6 is 33.9 Å². The number of imidazole rings is 1. The number of thiazole rings is 1. The van der Waals surface area contributed by atoms with E-state index in [4.69, 9.17) is 0 Å². The van der Waals surface area contributed by atoms with Crippen LogP contribution in [0.2, 0.25) is 0 Å². The number of likely N-dealkylation sites (N-methyl/N-ethyl adjacent to an activating group) is 1. The van der Waals surface area contributed by atoms with Crippen LogP contribution in [0.3, 0.4) is 0 Å². The highest BCUT2D eigenvalue weighted by atomic mass is 127. The maximum atomic E-state index is 4.56. The van der Waals surface area contributed by atoms with Crippen LogP contribution in [-0.4, -0.2) is 22.6 Å². The van der Waals surface area contributed by atoms with Gasteiger partial charge in [-0.05, 0) is 31.2 Å². The Bertz CT molecular complexity index is 1150. The van der Waals surface area contributed by atoms with Crippen molar-refractivity contribution in [2.75, 3.05) is 18.0 Å². The molecule has 2 heterocycles. The van der Waals surface area contributed by atoms with E-state index in [1.54, 1.807) is 0 Å². The van der Waals surface area contributed by atoms with Crippen molar-refractivity contribution >= 4 is 50.4 Å². The molecule has 4 rings (SSSR count). The van der Waals surface area contributed by atoms with Crippen LogP contribution < -0.4 is 9.47 Å². The van der Waals surface area contributed by atoms with Gasteiger partial charge in [-0.1, -0.05) is 30.3 Å². The molecule has 0 saturated heterocycles. The Kier molecular flexibility index (Phi) is 7.08. The second kappa shape index (κ2) is 10.1. The van der Waals surface area contributed by atoms with E-state index in [9.17, 15) is 0 Å². The van der Waals surface area contributed by atoms with Crippen LogP contribution in [0.4, 0.5) is 16.5 Å². The zero-order chi connectivity index (χ0) is 21.6. The summed E-state index contributed by atoms with van der Waals surface area (Å²) in [7, 11) is 2.07. The largest absolute Gasteiger partial charge is 0.368 e. The minimum absolute atomic E-state index is 0.660. The monoisotopic (exact) mass is 543 g/mol. The third-order valence-corrected chi connectivity index (χ3v) is 7.12. The van der Waals surface area contributed by atoms with Crippen molar-refractivity contribution < 1.29 is 4.57 Å². The first-order valence-electron chi connectivity index (χ1n) is 10.1. The van der Waals surface area contributed by atoms with Gasteiger partial charge in [0.1, 0.15) is 18.9 Å². The molecule has 0 aliphatic rings. The lowest BCUT2D eigenvalue weighted by molar-refractivity contribution is -0.684. The molecule has 31 heavy (non-hydrogen) atoms. The molecule has 0 N–H and O–H groups in total. The Balaban J connectivity index is 1.39. The third kappa shape index (κ3) is 5.37. The highest BCUT2D eigenvalue weighted by Crippen LogP contribution is 2.28. The van der Waals surface area contributed by atoms with Crippen LogP contribution in [0.1, 0.15) is 6.92 Å². The molecule has 0 unspecified atom stereocenters. The Morgan fingerprint density at radius 1 is 1.10 bits per heavy atom. The molecule has 2 aromatic carbocycles. The van der Waals surface area contributed by atoms with Crippen molar-refractivity contribution in [2.24, 2.45) is 17.3 Å². The van der Waals surface area contributed by atoms with Gasteiger partial charge in [-0.3, -0.25) is 0 Å². The Hall–Kier alpha value is -2.59. The molecule has 0 bridgehead atoms. The van der Waals surface area contributed by atoms with E-state index in [1.807, 2.05) is 47.8 Å². The minimum Gasteiger partial charge on any atom is -0.368 e. The van der Waals surface area contributed by atoms with E-state index in [1.165, 1.54) is 20.9 Å². The lowest BCUT2D eigenvalue weighted by Gasteiger charge is -2.22. The highest BCUT2D eigenvalue weighted by Gasteiger charge is 2.12. The minimum atomic E-state index is 0.660. The number of hydrogen-bond acceptors (Lipinski definition) is 5. The van der Waals surface area contributed by atoms with Gasteiger partial charge in [0.2, 0.25) is 5.13 Å². The van der Waals surface area contributed by atoms with Gasteiger partial charge in [0.25, 0.3) is 0 Å². The van der Waals surface area contributed by atoms with Crippen molar-refractivity contribution in [3.63, 3.8) is 0 Å². The SMILES string of the molecule is CCN(CCn1cc[n+](C)c1I)c1ccc(N=Nc2nc(-c3ccccc3)cs2)cc1. The summed E-state index contributed by atoms with van der Waals surface area (Å²) in [6.07, 6.45) is 4.21. The van der Waals surface area contributed by atoms with Crippen LogP contribution in [0.5, 0.6) is 0 Å². The van der Waals surface area contributed by atoms with Gasteiger partial charge in [-0.25, -0.2) is 14.1 Å². The Morgan fingerprint density at radius 2 is 1.87 bits per heavy atom. The van der Waals surface area contributed by atoms with E-state index < -0.39 is 0 Å². The summed E-state index contributed by atoms with van der Waals surface area (Å²) in [5.41, 5.74) is 4.03. The number of benzene rings is 2. The molecule has 0 fully saturated rings. The highest BCUT2D eigenvalue weighted by molar-refractivity contribution is 14.1. The number of anilines is 1. The molecule has 2 aromatic heterocycles. The van der Waals surface area contributed by atoms with Crippen molar-refractivity contribution in [2.45, 2.75) is 13.5 Å². The summed E-state index contributed by atoms with van der Waals surface area (Å²) in [6.45, 7) is 5.03. The van der Waals surface area contributed by atoms with Gasteiger partial charge < -0.3 is 4.90 Å². The first-order valence-corrected chi connectivity index (χ1v) is 12.1. The van der Waals surface area contributed by atoms with Gasteiger partial charge in [-0.15, -0.1) is 21.6 Å². The number of halogens is 1. The van der Waals surface area contributed by atoms with Gasteiger partial charge in [0.05, 0.1) is 47.6 Å². The number of aromatic nitrogens is 3. The summed E-state index contributed by atoms with van der Waals surface area (Å²) in [6, 6.07) is 18.3. The summed E-state index contributed by atoms with van der Waals surface area (Å²) in [5.74, 6) is 0. The summed E-state index contributed by atoms with van der Waals surface area (Å²) in [5, 5.41) is 11.4. The molecule has 0 aliphatic carbocycles. The maximum Gasteiger partial charge on any atom is 0.317 e. The van der Waals surface area contributed by atoms with Crippen molar-refractivity contribution in [1.82, 2.24) is 9.55 Å². The summed E-state index contributed by atoms with van der Waals surface area (Å²) in [4.78, 5) is 6.93. The van der Waals surface area contributed by atoms with Crippen LogP contribution in [0, 0.1) is 3.83 Å². The van der Waals surface area contributed by atoms with Gasteiger partial charge in [-0.2, -0.15) is 0 Å². The van der Waals surface area contributed by atoms with Crippen LogP contribution in [0.15, 0.2) is 82.6 Å². The molecule has 0 saturated carbocycles. The fraction of sp³-hybridized carbons (Fsp3) is 0.217. The van der Waals surface area contributed by atoms with E-state index >= 15 is 0 Å². The summed E-state index contributed by atoms with van der Waals surface area (Å²) < 4.78 is 5.62. The van der Waals surface area contributed by atoms with Crippen LogP contribution in [0.25, 0.3) is 11.3 Å². The molecular formula is C23H24IN6S+. The zero-order valence-electron chi connectivity index (χ0n) is 17.5. The van der Waals surface area contributed by atoms with Crippen LogP contribution in [-0.2, 0) is 13.6 Å². The zero-order valence-corrected chi connectivity index (χ0v) is 20.5. The Labute approximate surface area is 200 Å². The van der Waals surface area contributed by atoms with Crippen molar-refractivity contribution in [1.29, 1.82) is 0 Å². The fourth-order valence-electron chi connectivity index (χ4n) is 3.25. The Morgan fingerprint density at radius 3 is 2.55 bits per heavy atom. The molecular weight excluding hydrogens is 519 g/mol. The van der Waals surface area contributed by atoms with Crippen molar-refractivity contribution in [3.05, 3.63) is 76.2 Å². The smallest absolute Gasteiger partial charge is 0.317 e. The molecule has 4 aromatic rings. The number of azo groups is 1. The average Bonchev–Trinajstić information content (AvgIpc) is 3.41. The molecule has 0 radical (unpaired) electrons. The van der Waals surface area contributed by atoms with E-state index in [-0.39, 0.29) is 0 Å². The lowest BCUT2D eigenvalue weighted by atomic mass is 10.2. The number of hydrogen-bond donors (Lipinski definition) is 0. The normalized spacial score (nSPS) is 11.3. The predicted molar refractivity (Wildman–Crippen MR) is 134 cm³/mol. The number of aryl methyl sites for hydroxylation is 1. The molecule has 0 atom stereocenters. The summed E-state index contributed by atoms with van der Waals surface area (Å²) >= 11 is 3.88. The standard InChI is InChI=1S/C23H24IN6S/c1-3-29(15-16-30-14-13-28(2)22(30)24)20-11-9-19(10-12-20)26-27-23-25-21(17-31-23)18-7-5-4-6-8-18/h4-14,17H,3,15-16H2,1-2H3/q+1. The molecule has 0 aliphatic heterocycles. The van der Waals surface area contributed by atoms with Gasteiger partial charge in [0.15, 0.2) is 0 Å². The fourth-order valence-corrected chi connectivity index (χ4v) is 4.46. The number of rotatable bonds is 8. The quantitative estimate of drug-likeness (QED) is 0.156. The average molecular weight is 543 g/mol. The molecule has 6 nitrogen and oxygen atoms in total. The van der Waals surface area contributed by atoms with E-state index in [2.05, 4.69) is 90.3 Å². The topological polar surface area (TPSA) is 49.7 Å². The lowest BCUT2D eigenvalue weighted by Crippen LogP contribution is -2.32. The molecule has 8 heteroatoms. The molecule has 0 spiro atoms. The second-order valence-corrected chi connectivity index (χ2v) is 8.85. The van der Waals surface area contributed by atoms with Crippen molar-refractivity contribution in [3.8, 4) is 11.3 Å². The van der Waals surface area contributed by atoms with E-state index in [0.717, 1.165) is 36.6 Å². The first kappa shape index (κ1) is 21.6. The van der Waals surface area contributed by atoms with E-state index in [0.29, 0.717) is 5.13 Å². The van der Waals surface area contributed by atoms with Gasteiger partial charge >= 0.3 is 3.83 Å². The predicted octanol–water partition coefficient (Wildman–Crippen LogP) is 5.98. The molecule has 158 valence electrons. The molecule has 0 amide bonds. The third-order valence-electron chi connectivity index (χ3n) is 5.02. The maximum absolute atomic E-state index is 4.56.